The fourth-order valence-corrected chi connectivity index (χ4v) is 0.568. The molecule has 0 fully saturated rings. The van der Waals surface area contributed by atoms with E-state index in [1.807, 2.05) is 6.07 Å². The summed E-state index contributed by atoms with van der Waals surface area (Å²) in [5.74, 6) is 2.09. The summed E-state index contributed by atoms with van der Waals surface area (Å²) in [6.45, 7) is 0. The van der Waals surface area contributed by atoms with Crippen LogP contribution < -0.4 is 0 Å². The van der Waals surface area contributed by atoms with E-state index in [9.17, 15) is 0 Å². The zero-order chi connectivity index (χ0) is 7.40. The number of nitriles is 1. The number of aromatic nitrogens is 1. The van der Waals surface area contributed by atoms with Crippen molar-refractivity contribution in [3.8, 4) is 12.0 Å². The van der Waals surface area contributed by atoms with Gasteiger partial charge in [0.05, 0.1) is 11.6 Å². The molecule has 0 aliphatic heterocycles. The molecule has 0 aromatic carbocycles. The molecule has 1 aromatic heterocycles. The van der Waals surface area contributed by atoms with Gasteiger partial charge < -0.3 is 0 Å². The molecule has 0 N–H and O–H groups in total. The van der Waals surface area contributed by atoms with Crippen molar-refractivity contribution >= 4 is 0 Å². The van der Waals surface area contributed by atoms with E-state index in [1.54, 1.807) is 6.07 Å². The Kier molecular flexibility index (Phi) is 1.68. The molecule has 0 amide bonds. The second-order valence-electron chi connectivity index (χ2n) is 1.67. The molecule has 2 heteroatoms. The highest BCUT2D eigenvalue weighted by atomic mass is 14.6. The van der Waals surface area contributed by atoms with Crippen LogP contribution >= 0.6 is 0 Å². The van der Waals surface area contributed by atoms with Crippen LogP contribution in [0.15, 0.2) is 18.3 Å². The van der Waals surface area contributed by atoms with Gasteiger partial charge in [0.25, 0.3) is 0 Å². The molecule has 0 spiro atoms. The van der Waals surface area contributed by atoms with Gasteiger partial charge in [-0.3, -0.25) is 0 Å². The van der Waals surface area contributed by atoms with Crippen molar-refractivity contribution in [3.63, 3.8) is 0 Å². The van der Waals surface area contributed by atoms with E-state index >= 15 is 0 Å². The SMILES string of the molecule is [C]#Cc1cc(C#N)ccn1. The minimum atomic E-state index is 0.388. The van der Waals surface area contributed by atoms with Crippen molar-refractivity contribution in [3.05, 3.63) is 36.0 Å². The fraction of sp³-hybridized carbons (Fsp3) is 0. The summed E-state index contributed by atoms with van der Waals surface area (Å²) in [6.07, 6.45) is 8.18. The number of nitrogens with zero attached hydrogens (tertiary/aromatic N) is 2. The second-order valence-corrected chi connectivity index (χ2v) is 1.67. The highest BCUT2D eigenvalue weighted by molar-refractivity contribution is 5.33. The van der Waals surface area contributed by atoms with E-state index in [2.05, 4.69) is 10.9 Å². The Labute approximate surface area is 59.1 Å². The highest BCUT2D eigenvalue weighted by Crippen LogP contribution is 1.97. The maximum absolute atomic E-state index is 8.39. The maximum Gasteiger partial charge on any atom is 0.115 e. The zero-order valence-corrected chi connectivity index (χ0v) is 5.13. The van der Waals surface area contributed by atoms with Crippen molar-refractivity contribution in [2.45, 2.75) is 0 Å². The largest absolute Gasteiger partial charge is 0.248 e. The zero-order valence-electron chi connectivity index (χ0n) is 5.13. The molecule has 10 heavy (non-hydrogen) atoms. The minimum absolute atomic E-state index is 0.388. The lowest BCUT2D eigenvalue weighted by atomic mass is 10.2. The predicted octanol–water partition coefficient (Wildman–Crippen LogP) is 0.891. The van der Waals surface area contributed by atoms with Crippen LogP contribution in [0.2, 0.25) is 0 Å². The van der Waals surface area contributed by atoms with Crippen LogP contribution in [0.4, 0.5) is 0 Å². The average molecular weight is 127 g/mol. The van der Waals surface area contributed by atoms with Crippen LogP contribution in [0.25, 0.3) is 0 Å². The Bertz CT molecular complexity index is 286. The smallest absolute Gasteiger partial charge is 0.115 e. The van der Waals surface area contributed by atoms with Crippen LogP contribution in [0, 0.1) is 23.7 Å². The van der Waals surface area contributed by atoms with Crippen molar-refractivity contribution in [1.82, 2.24) is 4.98 Å². The van der Waals surface area contributed by atoms with Crippen molar-refractivity contribution in [2.24, 2.45) is 0 Å². The molecule has 1 radical (unpaired) electrons. The van der Waals surface area contributed by atoms with Gasteiger partial charge in [-0.15, -0.1) is 0 Å². The van der Waals surface area contributed by atoms with Crippen LogP contribution in [-0.4, -0.2) is 4.98 Å². The molecule has 0 unspecified atom stereocenters. The Hall–Kier alpha value is -1.80. The average Bonchev–Trinajstić information content (AvgIpc) is 2.05. The third-order valence-electron chi connectivity index (χ3n) is 1.02. The predicted molar refractivity (Wildman–Crippen MR) is 35.2 cm³/mol. The van der Waals surface area contributed by atoms with Crippen molar-refractivity contribution in [1.29, 1.82) is 5.26 Å². The van der Waals surface area contributed by atoms with Gasteiger partial charge in [-0.1, -0.05) is 0 Å². The summed E-state index contributed by atoms with van der Waals surface area (Å²) < 4.78 is 0. The van der Waals surface area contributed by atoms with Gasteiger partial charge in [-0.2, -0.15) is 5.26 Å². The lowest BCUT2D eigenvalue weighted by Crippen LogP contribution is -1.81. The quantitative estimate of drug-likeness (QED) is 0.485. The molecule has 0 atom stereocenters. The third kappa shape index (κ3) is 1.13. The topological polar surface area (TPSA) is 36.7 Å². The van der Waals surface area contributed by atoms with Crippen LogP contribution in [0.1, 0.15) is 11.3 Å². The second kappa shape index (κ2) is 2.66. The molecule has 1 aromatic rings. The third-order valence-corrected chi connectivity index (χ3v) is 1.02. The van der Waals surface area contributed by atoms with Crippen molar-refractivity contribution < 1.29 is 0 Å². The summed E-state index contributed by atoms with van der Waals surface area (Å²) in [7, 11) is 0. The first-order chi connectivity index (χ1) is 4.86. The van der Waals surface area contributed by atoms with Gasteiger partial charge in [-0.05, 0) is 24.5 Å². The first kappa shape index (κ1) is 6.32. The molecule has 45 valence electrons. The standard InChI is InChI=1S/C8H3N2/c1-2-8-5-7(6-9)3-4-10-8/h3-5H. The number of rotatable bonds is 0. The van der Waals surface area contributed by atoms with Gasteiger partial charge >= 0.3 is 0 Å². The minimum Gasteiger partial charge on any atom is -0.248 e. The molecule has 1 rings (SSSR count). The summed E-state index contributed by atoms with van der Waals surface area (Å²) in [5, 5.41) is 8.39. The van der Waals surface area contributed by atoms with Gasteiger partial charge in [0.2, 0.25) is 0 Å². The molecule has 1 heterocycles. The number of hydrogen-bond donors (Lipinski definition) is 0. The van der Waals surface area contributed by atoms with E-state index in [-0.39, 0.29) is 0 Å². The molecular formula is C8H3N2. The molecule has 0 aliphatic carbocycles. The Morgan fingerprint density at radius 3 is 3.00 bits per heavy atom. The van der Waals surface area contributed by atoms with Crippen LogP contribution in [0.3, 0.4) is 0 Å². The van der Waals surface area contributed by atoms with E-state index in [0.717, 1.165) is 0 Å². The molecule has 2 nitrogen and oxygen atoms in total. The fourth-order valence-electron chi connectivity index (χ4n) is 0.568. The summed E-state index contributed by atoms with van der Waals surface area (Å²) in [5.41, 5.74) is 0.892. The van der Waals surface area contributed by atoms with Gasteiger partial charge in [-0.25, -0.2) is 4.98 Å². The van der Waals surface area contributed by atoms with E-state index in [0.29, 0.717) is 11.3 Å². The lowest BCUT2D eigenvalue weighted by molar-refractivity contribution is 1.27. The monoisotopic (exact) mass is 127 g/mol. The van der Waals surface area contributed by atoms with Gasteiger partial charge in [0.15, 0.2) is 0 Å². The summed E-state index contributed by atoms with van der Waals surface area (Å²) in [4.78, 5) is 3.76. The first-order valence-electron chi connectivity index (χ1n) is 2.65. The normalized spacial score (nSPS) is 7.80. The van der Waals surface area contributed by atoms with E-state index in [4.69, 9.17) is 11.7 Å². The lowest BCUT2D eigenvalue weighted by Gasteiger charge is -1.87. The Balaban J connectivity index is 3.17. The molecule has 0 aliphatic rings. The Morgan fingerprint density at radius 1 is 1.60 bits per heavy atom. The molecule has 0 saturated heterocycles. The van der Waals surface area contributed by atoms with Gasteiger partial charge in [0, 0.05) is 6.20 Å². The van der Waals surface area contributed by atoms with Crippen LogP contribution in [0.5, 0.6) is 0 Å². The number of pyridine rings is 1. The number of hydrogen-bond acceptors (Lipinski definition) is 2. The van der Waals surface area contributed by atoms with Gasteiger partial charge in [0.1, 0.15) is 5.69 Å². The highest BCUT2D eigenvalue weighted by Gasteiger charge is 1.90. The van der Waals surface area contributed by atoms with E-state index < -0.39 is 0 Å². The first-order valence-corrected chi connectivity index (χ1v) is 2.65. The Morgan fingerprint density at radius 2 is 2.40 bits per heavy atom. The molecule has 0 bridgehead atoms. The summed E-state index contributed by atoms with van der Waals surface area (Å²) in [6, 6.07) is 5.03. The maximum atomic E-state index is 8.39. The molecular weight excluding hydrogens is 124 g/mol. The molecule has 0 saturated carbocycles. The van der Waals surface area contributed by atoms with Crippen molar-refractivity contribution in [2.75, 3.05) is 0 Å². The summed E-state index contributed by atoms with van der Waals surface area (Å²) >= 11 is 0. The van der Waals surface area contributed by atoms with E-state index in [1.165, 1.54) is 12.3 Å². The van der Waals surface area contributed by atoms with Crippen LogP contribution in [-0.2, 0) is 0 Å².